The van der Waals surface area contributed by atoms with Gasteiger partial charge in [0.15, 0.2) is 0 Å². The fourth-order valence-corrected chi connectivity index (χ4v) is 2.92. The van der Waals surface area contributed by atoms with Crippen molar-refractivity contribution in [2.75, 3.05) is 23.3 Å². The third-order valence-corrected chi connectivity index (χ3v) is 4.13. The van der Waals surface area contributed by atoms with Crippen LogP contribution in [0.25, 0.3) is 0 Å². The van der Waals surface area contributed by atoms with E-state index in [0.717, 1.165) is 25.9 Å². The highest BCUT2D eigenvalue weighted by Crippen LogP contribution is 2.29. The smallest absolute Gasteiger partial charge is 0.270 e. The summed E-state index contributed by atoms with van der Waals surface area (Å²) < 4.78 is 0. The van der Waals surface area contributed by atoms with Crippen molar-refractivity contribution in [2.45, 2.75) is 12.8 Å². The summed E-state index contributed by atoms with van der Waals surface area (Å²) in [6, 6.07) is 12.9. The maximum Gasteiger partial charge on any atom is 0.270 e. The zero-order valence-electron chi connectivity index (χ0n) is 13.4. The molecule has 1 heterocycles. The van der Waals surface area contributed by atoms with Crippen LogP contribution in [0.1, 0.15) is 28.8 Å². The third kappa shape index (κ3) is 3.58. The van der Waals surface area contributed by atoms with Crippen molar-refractivity contribution in [3.8, 4) is 6.07 Å². The van der Waals surface area contributed by atoms with Crippen molar-refractivity contribution < 1.29 is 9.72 Å². The van der Waals surface area contributed by atoms with E-state index in [1.54, 1.807) is 30.3 Å². The molecule has 2 aromatic rings. The van der Waals surface area contributed by atoms with Crippen LogP contribution in [-0.4, -0.2) is 23.9 Å². The molecule has 3 rings (SSSR count). The van der Waals surface area contributed by atoms with Gasteiger partial charge in [0.25, 0.3) is 11.6 Å². The van der Waals surface area contributed by atoms with Crippen LogP contribution in [0, 0.1) is 21.4 Å². The number of nitrogens with zero attached hydrogens (tertiary/aromatic N) is 3. The monoisotopic (exact) mass is 336 g/mol. The number of carbonyl (C=O) groups excluding carboxylic acids is 1. The topological polar surface area (TPSA) is 99.3 Å². The molecular formula is C18H16N4O3. The first-order chi connectivity index (χ1) is 12.1. The van der Waals surface area contributed by atoms with Gasteiger partial charge < -0.3 is 10.2 Å². The van der Waals surface area contributed by atoms with E-state index in [0.29, 0.717) is 16.9 Å². The van der Waals surface area contributed by atoms with Crippen LogP contribution in [0.15, 0.2) is 42.5 Å². The van der Waals surface area contributed by atoms with Crippen LogP contribution in [0.5, 0.6) is 0 Å². The number of nitrogens with one attached hydrogen (secondary N) is 1. The first kappa shape index (κ1) is 16.5. The van der Waals surface area contributed by atoms with Crippen LogP contribution < -0.4 is 10.2 Å². The van der Waals surface area contributed by atoms with Crippen molar-refractivity contribution in [2.24, 2.45) is 0 Å². The van der Waals surface area contributed by atoms with Crippen molar-refractivity contribution in [3.05, 3.63) is 63.7 Å². The van der Waals surface area contributed by atoms with Crippen molar-refractivity contribution in [1.82, 2.24) is 0 Å². The first-order valence-corrected chi connectivity index (χ1v) is 7.93. The molecule has 0 aromatic heterocycles. The Morgan fingerprint density at radius 2 is 1.96 bits per heavy atom. The van der Waals surface area contributed by atoms with Gasteiger partial charge in [0.05, 0.1) is 27.8 Å². The van der Waals surface area contributed by atoms with Gasteiger partial charge in [0.2, 0.25) is 0 Å². The zero-order chi connectivity index (χ0) is 17.8. The van der Waals surface area contributed by atoms with Crippen molar-refractivity contribution >= 4 is 23.0 Å². The van der Waals surface area contributed by atoms with E-state index in [1.165, 1.54) is 12.1 Å². The molecule has 1 aliphatic heterocycles. The highest BCUT2D eigenvalue weighted by Gasteiger charge is 2.22. The molecular weight excluding hydrogens is 320 g/mol. The van der Waals surface area contributed by atoms with E-state index < -0.39 is 10.8 Å². The lowest BCUT2D eigenvalue weighted by Gasteiger charge is -2.20. The third-order valence-electron chi connectivity index (χ3n) is 4.13. The molecule has 126 valence electrons. The summed E-state index contributed by atoms with van der Waals surface area (Å²) in [5.41, 5.74) is 1.73. The summed E-state index contributed by atoms with van der Waals surface area (Å²) in [6.07, 6.45) is 2.06. The molecule has 0 bridgehead atoms. The number of non-ortho nitro benzene ring substituents is 1. The molecule has 1 amide bonds. The number of anilines is 2. The van der Waals surface area contributed by atoms with Gasteiger partial charge in [0.1, 0.15) is 0 Å². The van der Waals surface area contributed by atoms with E-state index >= 15 is 0 Å². The number of nitro benzene ring substituents is 1. The molecule has 0 spiro atoms. The van der Waals surface area contributed by atoms with Crippen LogP contribution in [0.4, 0.5) is 17.1 Å². The number of benzene rings is 2. The largest absolute Gasteiger partial charge is 0.371 e. The normalized spacial score (nSPS) is 13.3. The molecule has 7 nitrogen and oxygen atoms in total. The van der Waals surface area contributed by atoms with Crippen molar-refractivity contribution in [1.29, 1.82) is 5.26 Å². The van der Waals surface area contributed by atoms with Gasteiger partial charge >= 0.3 is 0 Å². The number of nitro groups is 1. The Morgan fingerprint density at radius 1 is 1.20 bits per heavy atom. The molecule has 7 heteroatoms. The molecule has 1 saturated heterocycles. The molecule has 0 atom stereocenters. The summed E-state index contributed by atoms with van der Waals surface area (Å²) in [5.74, 6) is -0.430. The molecule has 0 radical (unpaired) electrons. The van der Waals surface area contributed by atoms with Crippen molar-refractivity contribution in [3.63, 3.8) is 0 Å². The lowest BCUT2D eigenvalue weighted by atomic mass is 10.1. The second-order valence-electron chi connectivity index (χ2n) is 5.80. The van der Waals surface area contributed by atoms with Gasteiger partial charge in [-0.05, 0) is 37.1 Å². The number of amides is 1. The molecule has 25 heavy (non-hydrogen) atoms. The lowest BCUT2D eigenvalue weighted by molar-refractivity contribution is -0.384. The van der Waals surface area contributed by atoms with Gasteiger partial charge in [0, 0.05) is 30.9 Å². The zero-order valence-corrected chi connectivity index (χ0v) is 13.4. The molecule has 1 fully saturated rings. The van der Waals surface area contributed by atoms with E-state index in [-0.39, 0.29) is 11.3 Å². The molecule has 2 aromatic carbocycles. The van der Waals surface area contributed by atoms with E-state index in [9.17, 15) is 14.9 Å². The number of hydrogen-bond donors (Lipinski definition) is 1. The van der Waals surface area contributed by atoms with E-state index in [4.69, 9.17) is 5.26 Å². The number of hydrogen-bond acceptors (Lipinski definition) is 5. The SMILES string of the molecule is N#Cc1cccc(NC(=O)c2cc([N+](=O)[O-])ccc2N2CCCC2)c1. The summed E-state index contributed by atoms with van der Waals surface area (Å²) in [6.45, 7) is 1.64. The van der Waals surface area contributed by atoms with Crippen LogP contribution in [0.3, 0.4) is 0 Å². The van der Waals surface area contributed by atoms with Crippen LogP contribution >= 0.6 is 0 Å². The average molecular weight is 336 g/mol. The summed E-state index contributed by atoms with van der Waals surface area (Å²) in [4.78, 5) is 25.3. The Labute approximate surface area is 144 Å². The molecule has 0 saturated carbocycles. The van der Waals surface area contributed by atoms with Crippen LogP contribution in [-0.2, 0) is 0 Å². The minimum absolute atomic E-state index is 0.126. The Kier molecular flexibility index (Phi) is 4.61. The fourth-order valence-electron chi connectivity index (χ4n) is 2.92. The second-order valence-corrected chi connectivity index (χ2v) is 5.80. The molecule has 0 unspecified atom stereocenters. The maximum absolute atomic E-state index is 12.7. The highest BCUT2D eigenvalue weighted by molar-refractivity contribution is 6.08. The van der Waals surface area contributed by atoms with Gasteiger partial charge in [-0.2, -0.15) is 5.26 Å². The van der Waals surface area contributed by atoms with E-state index in [1.807, 2.05) is 6.07 Å². The minimum Gasteiger partial charge on any atom is -0.371 e. The average Bonchev–Trinajstić information content (AvgIpc) is 3.15. The summed E-state index contributed by atoms with van der Waals surface area (Å²) in [5, 5.41) is 22.8. The van der Waals surface area contributed by atoms with E-state index in [2.05, 4.69) is 10.2 Å². The summed E-state index contributed by atoms with van der Waals surface area (Å²) >= 11 is 0. The predicted octanol–water partition coefficient (Wildman–Crippen LogP) is 3.32. The number of rotatable bonds is 4. The summed E-state index contributed by atoms with van der Waals surface area (Å²) in [7, 11) is 0. The number of nitriles is 1. The Hall–Kier alpha value is -3.40. The van der Waals surface area contributed by atoms with Gasteiger partial charge in [-0.25, -0.2) is 0 Å². The Morgan fingerprint density at radius 3 is 2.64 bits per heavy atom. The lowest BCUT2D eigenvalue weighted by Crippen LogP contribution is -2.23. The molecule has 1 N–H and O–H groups in total. The number of carbonyl (C=O) groups is 1. The Bertz CT molecular complexity index is 867. The van der Waals surface area contributed by atoms with Gasteiger partial charge in [-0.15, -0.1) is 0 Å². The fraction of sp³-hybridized carbons (Fsp3) is 0.222. The molecule has 1 aliphatic rings. The quantitative estimate of drug-likeness (QED) is 0.682. The highest BCUT2D eigenvalue weighted by atomic mass is 16.6. The van der Waals surface area contributed by atoms with Gasteiger partial charge in [-0.1, -0.05) is 6.07 Å². The minimum atomic E-state index is -0.513. The standard InChI is InChI=1S/C18H16N4O3/c19-12-13-4-3-5-14(10-13)20-18(23)16-11-15(22(24)25)6-7-17(16)21-8-1-2-9-21/h3-7,10-11H,1-2,8-9H2,(H,20,23). The molecule has 0 aliphatic carbocycles. The maximum atomic E-state index is 12.7. The first-order valence-electron chi connectivity index (χ1n) is 7.93. The Balaban J connectivity index is 1.95. The van der Waals surface area contributed by atoms with Crippen LogP contribution in [0.2, 0.25) is 0 Å². The van der Waals surface area contributed by atoms with Gasteiger partial charge in [-0.3, -0.25) is 14.9 Å². The second kappa shape index (κ2) is 7.01. The predicted molar refractivity (Wildman–Crippen MR) is 93.7 cm³/mol.